The van der Waals surface area contributed by atoms with Crippen molar-refractivity contribution in [2.45, 2.75) is 97.3 Å². The lowest BCUT2D eigenvalue weighted by Gasteiger charge is -2.15. The monoisotopic (exact) mass is 269 g/mol. The molecule has 0 fully saturated rings. The highest BCUT2D eigenvalue weighted by Gasteiger charge is 2.06. The van der Waals surface area contributed by atoms with E-state index in [1.165, 1.54) is 64.2 Å². The number of rotatable bonds is 14. The average molecular weight is 269 g/mol. The van der Waals surface area contributed by atoms with Gasteiger partial charge in [0.05, 0.1) is 0 Å². The molecule has 0 saturated carbocycles. The van der Waals surface area contributed by atoms with Gasteiger partial charge in [0, 0.05) is 5.97 Å². The maximum Gasteiger partial charge on any atom is 0.0445 e. The average Bonchev–Trinajstić information content (AvgIpc) is 2.40. The second-order valence-electron chi connectivity index (χ2n) is 5.75. The van der Waals surface area contributed by atoms with E-state index >= 15 is 0 Å². The third-order valence-corrected chi connectivity index (χ3v) is 3.98. The Bertz CT molecular complexity index is 201. The molecule has 0 aromatic heterocycles. The molecule has 0 aliphatic heterocycles. The SMILES string of the molecule is CCCCCCCCCCCCCC(CC)C(=O)[O-]. The van der Waals surface area contributed by atoms with Gasteiger partial charge in [0.15, 0.2) is 0 Å². The molecule has 0 heterocycles. The lowest BCUT2D eigenvalue weighted by molar-refractivity contribution is -0.311. The van der Waals surface area contributed by atoms with Crippen molar-refractivity contribution in [2.24, 2.45) is 5.92 Å². The van der Waals surface area contributed by atoms with Crippen LogP contribution in [0.15, 0.2) is 0 Å². The summed E-state index contributed by atoms with van der Waals surface area (Å²) in [5, 5.41) is 10.7. The molecule has 114 valence electrons. The summed E-state index contributed by atoms with van der Waals surface area (Å²) in [4.78, 5) is 10.7. The fourth-order valence-electron chi connectivity index (χ4n) is 2.54. The normalized spacial score (nSPS) is 12.5. The van der Waals surface area contributed by atoms with Crippen LogP contribution in [0.1, 0.15) is 97.3 Å². The summed E-state index contributed by atoms with van der Waals surface area (Å²) in [6.45, 7) is 4.18. The van der Waals surface area contributed by atoms with Gasteiger partial charge in [-0.3, -0.25) is 0 Å². The maximum atomic E-state index is 10.7. The summed E-state index contributed by atoms with van der Waals surface area (Å²) < 4.78 is 0. The molecule has 0 aromatic carbocycles. The standard InChI is InChI=1S/C17H34O2/c1-3-5-6-7-8-9-10-11-12-13-14-15-16(4-2)17(18)19/h16H,3-15H2,1-2H3,(H,18,19)/p-1. The Hall–Kier alpha value is -0.530. The second kappa shape index (κ2) is 13.9. The molecule has 0 aromatic rings. The van der Waals surface area contributed by atoms with Crippen LogP contribution in [0.25, 0.3) is 0 Å². The van der Waals surface area contributed by atoms with E-state index in [-0.39, 0.29) is 5.92 Å². The fraction of sp³-hybridized carbons (Fsp3) is 0.941. The summed E-state index contributed by atoms with van der Waals surface area (Å²) in [6.07, 6.45) is 15.9. The van der Waals surface area contributed by atoms with Crippen LogP contribution < -0.4 is 5.11 Å². The van der Waals surface area contributed by atoms with Gasteiger partial charge in [-0.15, -0.1) is 0 Å². The molecule has 0 amide bonds. The Labute approximate surface area is 120 Å². The second-order valence-corrected chi connectivity index (χ2v) is 5.75. The smallest absolute Gasteiger partial charge is 0.0445 e. The molecule has 0 saturated heterocycles. The van der Waals surface area contributed by atoms with Crippen LogP contribution in [0.2, 0.25) is 0 Å². The molecular formula is C17H33O2-. The molecule has 0 rings (SSSR count). The van der Waals surface area contributed by atoms with Crippen molar-refractivity contribution >= 4 is 5.97 Å². The Morgan fingerprint density at radius 1 is 0.789 bits per heavy atom. The molecule has 0 aliphatic carbocycles. The lowest BCUT2D eigenvalue weighted by Crippen LogP contribution is -2.30. The minimum Gasteiger partial charge on any atom is -0.550 e. The maximum absolute atomic E-state index is 10.7. The van der Waals surface area contributed by atoms with Crippen LogP contribution in [0.3, 0.4) is 0 Å². The van der Waals surface area contributed by atoms with E-state index in [4.69, 9.17) is 0 Å². The molecule has 19 heavy (non-hydrogen) atoms. The van der Waals surface area contributed by atoms with Gasteiger partial charge in [-0.2, -0.15) is 0 Å². The number of carbonyl (C=O) groups excluding carboxylic acids is 1. The summed E-state index contributed by atoms with van der Waals surface area (Å²) in [7, 11) is 0. The van der Waals surface area contributed by atoms with Crippen LogP contribution in [0, 0.1) is 5.92 Å². The van der Waals surface area contributed by atoms with E-state index in [2.05, 4.69) is 6.92 Å². The van der Waals surface area contributed by atoms with E-state index in [0.29, 0.717) is 6.42 Å². The van der Waals surface area contributed by atoms with Crippen LogP contribution in [-0.4, -0.2) is 5.97 Å². The first-order chi connectivity index (χ1) is 9.22. The van der Waals surface area contributed by atoms with Crippen LogP contribution >= 0.6 is 0 Å². The lowest BCUT2D eigenvalue weighted by atomic mass is 9.98. The van der Waals surface area contributed by atoms with Crippen LogP contribution in [0.4, 0.5) is 0 Å². The van der Waals surface area contributed by atoms with Gasteiger partial charge < -0.3 is 9.90 Å². The molecular weight excluding hydrogens is 236 g/mol. The quantitative estimate of drug-likeness (QED) is 0.437. The van der Waals surface area contributed by atoms with Gasteiger partial charge in [0.2, 0.25) is 0 Å². The van der Waals surface area contributed by atoms with Crippen LogP contribution in [0.5, 0.6) is 0 Å². The van der Waals surface area contributed by atoms with Crippen molar-refractivity contribution in [2.75, 3.05) is 0 Å². The van der Waals surface area contributed by atoms with Crippen molar-refractivity contribution in [3.05, 3.63) is 0 Å². The molecule has 0 spiro atoms. The minimum atomic E-state index is -0.866. The molecule has 0 aliphatic rings. The fourth-order valence-corrected chi connectivity index (χ4v) is 2.54. The number of unbranched alkanes of at least 4 members (excludes halogenated alkanes) is 10. The van der Waals surface area contributed by atoms with E-state index in [1.54, 1.807) is 0 Å². The van der Waals surface area contributed by atoms with Crippen molar-refractivity contribution < 1.29 is 9.90 Å². The van der Waals surface area contributed by atoms with Gasteiger partial charge in [0.1, 0.15) is 0 Å². The van der Waals surface area contributed by atoms with Gasteiger partial charge >= 0.3 is 0 Å². The van der Waals surface area contributed by atoms with Crippen LogP contribution in [-0.2, 0) is 4.79 Å². The minimum absolute atomic E-state index is 0.224. The Balaban J connectivity index is 3.16. The zero-order chi connectivity index (χ0) is 14.3. The summed E-state index contributed by atoms with van der Waals surface area (Å²) in [5.41, 5.74) is 0. The van der Waals surface area contributed by atoms with Gasteiger partial charge in [-0.1, -0.05) is 84.5 Å². The van der Waals surface area contributed by atoms with Crippen molar-refractivity contribution in [1.29, 1.82) is 0 Å². The molecule has 0 radical (unpaired) electrons. The summed E-state index contributed by atoms with van der Waals surface area (Å²) in [6, 6.07) is 0. The molecule has 2 heteroatoms. The first kappa shape index (κ1) is 18.5. The van der Waals surface area contributed by atoms with E-state index in [9.17, 15) is 9.90 Å². The molecule has 1 unspecified atom stereocenters. The Morgan fingerprint density at radius 3 is 1.58 bits per heavy atom. The zero-order valence-electron chi connectivity index (χ0n) is 13.1. The third-order valence-electron chi connectivity index (χ3n) is 3.98. The first-order valence-electron chi connectivity index (χ1n) is 8.43. The third kappa shape index (κ3) is 12.3. The molecule has 1 atom stereocenters. The summed E-state index contributed by atoms with van der Waals surface area (Å²) >= 11 is 0. The number of carboxylic acid groups (broad SMARTS) is 1. The highest BCUT2D eigenvalue weighted by molar-refractivity contribution is 5.67. The number of carboxylic acids is 1. The van der Waals surface area contributed by atoms with Gasteiger partial charge in [0.25, 0.3) is 0 Å². The largest absolute Gasteiger partial charge is 0.550 e. The highest BCUT2D eigenvalue weighted by atomic mass is 16.4. The predicted molar refractivity (Wildman–Crippen MR) is 79.9 cm³/mol. The van der Waals surface area contributed by atoms with E-state index in [0.717, 1.165) is 12.8 Å². The van der Waals surface area contributed by atoms with Crippen molar-refractivity contribution in [3.8, 4) is 0 Å². The zero-order valence-corrected chi connectivity index (χ0v) is 13.1. The van der Waals surface area contributed by atoms with Gasteiger partial charge in [-0.05, 0) is 18.8 Å². The van der Waals surface area contributed by atoms with E-state index < -0.39 is 5.97 Å². The van der Waals surface area contributed by atoms with E-state index in [1.807, 2.05) is 6.92 Å². The number of hydrogen-bond donors (Lipinski definition) is 0. The number of hydrogen-bond acceptors (Lipinski definition) is 2. The first-order valence-corrected chi connectivity index (χ1v) is 8.43. The number of carbonyl (C=O) groups is 1. The molecule has 2 nitrogen and oxygen atoms in total. The molecule has 0 N–H and O–H groups in total. The predicted octanol–water partition coefficient (Wildman–Crippen LogP) is 4.46. The topological polar surface area (TPSA) is 40.1 Å². The Morgan fingerprint density at radius 2 is 1.21 bits per heavy atom. The van der Waals surface area contributed by atoms with Crippen molar-refractivity contribution in [1.82, 2.24) is 0 Å². The molecule has 0 bridgehead atoms. The van der Waals surface area contributed by atoms with Crippen molar-refractivity contribution in [3.63, 3.8) is 0 Å². The highest BCUT2D eigenvalue weighted by Crippen LogP contribution is 2.15. The number of aliphatic carboxylic acids is 1. The Kier molecular flexibility index (Phi) is 13.5. The van der Waals surface area contributed by atoms with Gasteiger partial charge in [-0.25, -0.2) is 0 Å². The summed E-state index contributed by atoms with van der Waals surface area (Å²) in [5.74, 6) is -1.09.